The highest BCUT2D eigenvalue weighted by molar-refractivity contribution is 5.85. The summed E-state index contributed by atoms with van der Waals surface area (Å²) >= 11 is 0. The summed E-state index contributed by atoms with van der Waals surface area (Å²) in [5.41, 5.74) is 0. The first-order chi connectivity index (χ1) is 8.13. The van der Waals surface area contributed by atoms with Crippen molar-refractivity contribution < 1.29 is 19.0 Å². The van der Waals surface area contributed by atoms with Crippen molar-refractivity contribution in [2.24, 2.45) is 0 Å². The van der Waals surface area contributed by atoms with Gasteiger partial charge in [0.25, 0.3) is 0 Å². The van der Waals surface area contributed by atoms with Gasteiger partial charge >= 0.3 is 5.97 Å². The lowest BCUT2D eigenvalue weighted by atomic mass is 10.3. The van der Waals surface area contributed by atoms with Crippen molar-refractivity contribution in [1.82, 2.24) is 0 Å². The number of carbonyl (C=O) groups is 1. The summed E-state index contributed by atoms with van der Waals surface area (Å²) in [6.07, 6.45) is -0.602. The van der Waals surface area contributed by atoms with Gasteiger partial charge in [-0.1, -0.05) is 18.2 Å². The number of carbonyl (C=O) groups excluding carboxylic acids is 1. The molecule has 4 nitrogen and oxygen atoms in total. The Morgan fingerprint density at radius 3 is 2.59 bits per heavy atom. The molecule has 0 heterocycles. The first-order valence-corrected chi connectivity index (χ1v) is 5.38. The third-order valence-electron chi connectivity index (χ3n) is 1.86. The lowest BCUT2D eigenvalue weighted by Gasteiger charge is -2.16. The van der Waals surface area contributed by atoms with Gasteiger partial charge in [-0.05, 0) is 25.6 Å². The molecule has 0 spiro atoms. The molecule has 17 heavy (non-hydrogen) atoms. The molecule has 92 valence electrons. The normalized spacial score (nSPS) is 11.4. The molecule has 0 aliphatic heterocycles. The summed E-state index contributed by atoms with van der Waals surface area (Å²) in [5.74, 6) is 0.0305. The van der Waals surface area contributed by atoms with E-state index in [1.165, 1.54) is 0 Å². The van der Waals surface area contributed by atoms with Crippen LogP contribution in [0.1, 0.15) is 13.8 Å². The van der Waals surface area contributed by atoms with E-state index in [9.17, 15) is 4.79 Å². The molecule has 1 aromatic rings. The van der Waals surface area contributed by atoms with Crippen molar-refractivity contribution in [2.75, 3.05) is 6.61 Å². The van der Waals surface area contributed by atoms with Gasteiger partial charge in [0.2, 0.25) is 12.0 Å². The van der Waals surface area contributed by atoms with Gasteiger partial charge in [0.15, 0.2) is 0 Å². The monoisotopic (exact) mass is 236 g/mol. The number of hydrogen-bond donors (Lipinski definition) is 0. The Hall–Kier alpha value is -1.97. The average molecular weight is 236 g/mol. The Bertz CT molecular complexity index is 372. The third kappa shape index (κ3) is 4.59. The number of para-hydroxylation sites is 1. The Labute approximate surface area is 101 Å². The van der Waals surface area contributed by atoms with Crippen molar-refractivity contribution in [3.05, 3.63) is 42.7 Å². The van der Waals surface area contributed by atoms with Gasteiger partial charge in [0.05, 0.1) is 6.61 Å². The minimum absolute atomic E-state index is 0.0599. The summed E-state index contributed by atoms with van der Waals surface area (Å²) in [7, 11) is 0. The molecular weight excluding hydrogens is 220 g/mol. The highest BCUT2D eigenvalue weighted by Crippen LogP contribution is 2.13. The van der Waals surface area contributed by atoms with Crippen LogP contribution < -0.4 is 4.74 Å². The van der Waals surface area contributed by atoms with E-state index in [0.717, 1.165) is 0 Å². The molecule has 0 bridgehead atoms. The van der Waals surface area contributed by atoms with Crippen molar-refractivity contribution in [3.63, 3.8) is 0 Å². The van der Waals surface area contributed by atoms with Crippen LogP contribution in [0.4, 0.5) is 0 Å². The second-order valence-electron chi connectivity index (χ2n) is 3.26. The first kappa shape index (κ1) is 13.1. The molecule has 1 atom stereocenters. The van der Waals surface area contributed by atoms with Gasteiger partial charge in [-0.25, -0.2) is 4.79 Å². The van der Waals surface area contributed by atoms with Crippen LogP contribution in [0, 0.1) is 0 Å². The van der Waals surface area contributed by atoms with Crippen LogP contribution in [-0.2, 0) is 14.3 Å². The van der Waals surface area contributed by atoms with Gasteiger partial charge in [-0.2, -0.15) is 0 Å². The Kier molecular flexibility index (Phi) is 5.07. The van der Waals surface area contributed by atoms with Gasteiger partial charge in [0.1, 0.15) is 5.75 Å². The minimum atomic E-state index is -0.602. The van der Waals surface area contributed by atoms with E-state index in [1.54, 1.807) is 26.0 Å². The van der Waals surface area contributed by atoms with E-state index in [1.807, 2.05) is 18.2 Å². The highest BCUT2D eigenvalue weighted by Gasteiger charge is 2.13. The van der Waals surface area contributed by atoms with E-state index in [2.05, 4.69) is 6.58 Å². The molecule has 0 N–H and O–H groups in total. The summed E-state index contributed by atoms with van der Waals surface area (Å²) in [5, 5.41) is 0. The Morgan fingerprint density at radius 1 is 1.35 bits per heavy atom. The standard InChI is InChI=1S/C13H16O4/c1-4-15-13(14)10(2)16-11(3)17-12-8-6-5-7-9-12/h5-9,11H,2,4H2,1,3H3. The predicted molar refractivity (Wildman–Crippen MR) is 63.4 cm³/mol. The van der Waals surface area contributed by atoms with Crippen LogP contribution in [0.15, 0.2) is 42.7 Å². The van der Waals surface area contributed by atoms with Crippen molar-refractivity contribution in [3.8, 4) is 5.75 Å². The number of hydrogen-bond acceptors (Lipinski definition) is 4. The molecular formula is C13H16O4. The molecule has 1 rings (SSSR count). The van der Waals surface area contributed by atoms with Crippen LogP contribution in [0.3, 0.4) is 0 Å². The second-order valence-corrected chi connectivity index (χ2v) is 3.26. The predicted octanol–water partition coefficient (Wildman–Crippen LogP) is 2.50. The lowest BCUT2D eigenvalue weighted by molar-refractivity contribution is -0.147. The van der Waals surface area contributed by atoms with Crippen LogP contribution in [0.2, 0.25) is 0 Å². The lowest BCUT2D eigenvalue weighted by Crippen LogP contribution is -2.20. The SMILES string of the molecule is C=C(OC(C)Oc1ccccc1)C(=O)OCC. The highest BCUT2D eigenvalue weighted by atomic mass is 16.7. The molecule has 4 heteroatoms. The number of ether oxygens (including phenoxy) is 3. The smallest absolute Gasteiger partial charge is 0.373 e. The number of benzene rings is 1. The molecule has 1 aromatic carbocycles. The van der Waals surface area contributed by atoms with Crippen LogP contribution in [-0.4, -0.2) is 18.9 Å². The summed E-state index contributed by atoms with van der Waals surface area (Å²) in [6, 6.07) is 9.18. The first-order valence-electron chi connectivity index (χ1n) is 5.38. The summed E-state index contributed by atoms with van der Waals surface area (Å²) < 4.78 is 15.3. The van der Waals surface area contributed by atoms with Gasteiger partial charge < -0.3 is 14.2 Å². The zero-order valence-corrected chi connectivity index (χ0v) is 10.0. The molecule has 0 fully saturated rings. The van der Waals surface area contributed by atoms with E-state index >= 15 is 0 Å². The van der Waals surface area contributed by atoms with E-state index in [-0.39, 0.29) is 12.4 Å². The van der Waals surface area contributed by atoms with Crippen molar-refractivity contribution in [1.29, 1.82) is 0 Å². The zero-order valence-electron chi connectivity index (χ0n) is 10.0. The maximum atomic E-state index is 11.2. The van der Waals surface area contributed by atoms with E-state index in [0.29, 0.717) is 5.75 Å². The molecule has 0 saturated carbocycles. The van der Waals surface area contributed by atoms with Gasteiger partial charge in [-0.3, -0.25) is 0 Å². The molecule has 0 aliphatic rings. The van der Waals surface area contributed by atoms with Crippen LogP contribution in [0.25, 0.3) is 0 Å². The van der Waals surface area contributed by atoms with Crippen LogP contribution in [0.5, 0.6) is 5.75 Å². The fourth-order valence-corrected chi connectivity index (χ4v) is 1.17. The maximum absolute atomic E-state index is 11.2. The minimum Gasteiger partial charge on any atom is -0.460 e. The molecule has 0 aliphatic carbocycles. The number of rotatable bonds is 6. The average Bonchev–Trinajstić information content (AvgIpc) is 2.30. The van der Waals surface area contributed by atoms with E-state index < -0.39 is 12.3 Å². The van der Waals surface area contributed by atoms with E-state index in [4.69, 9.17) is 14.2 Å². The largest absolute Gasteiger partial charge is 0.460 e. The molecule has 0 radical (unpaired) electrons. The summed E-state index contributed by atoms with van der Waals surface area (Å²) in [6.45, 7) is 7.16. The molecule has 1 unspecified atom stereocenters. The molecule has 0 aromatic heterocycles. The Morgan fingerprint density at radius 2 is 2.00 bits per heavy atom. The fourth-order valence-electron chi connectivity index (χ4n) is 1.17. The van der Waals surface area contributed by atoms with Gasteiger partial charge in [0, 0.05) is 6.92 Å². The van der Waals surface area contributed by atoms with Crippen LogP contribution >= 0.6 is 0 Å². The Balaban J connectivity index is 2.42. The third-order valence-corrected chi connectivity index (χ3v) is 1.86. The number of esters is 1. The topological polar surface area (TPSA) is 44.8 Å². The zero-order chi connectivity index (χ0) is 12.7. The molecule has 0 amide bonds. The quantitative estimate of drug-likeness (QED) is 0.329. The maximum Gasteiger partial charge on any atom is 0.373 e. The fraction of sp³-hybridized carbons (Fsp3) is 0.308. The van der Waals surface area contributed by atoms with Crippen molar-refractivity contribution >= 4 is 5.97 Å². The van der Waals surface area contributed by atoms with Crippen molar-refractivity contribution in [2.45, 2.75) is 20.1 Å². The summed E-state index contributed by atoms with van der Waals surface area (Å²) in [4.78, 5) is 11.2. The molecule has 0 saturated heterocycles. The second kappa shape index (κ2) is 6.58. The van der Waals surface area contributed by atoms with Gasteiger partial charge in [-0.15, -0.1) is 0 Å².